The Hall–Kier alpha value is -2.10. The summed E-state index contributed by atoms with van der Waals surface area (Å²) in [5.41, 5.74) is 0. The number of rotatable bonds is 9. The summed E-state index contributed by atoms with van der Waals surface area (Å²) in [7, 11) is -2.09. The van der Waals surface area contributed by atoms with Crippen molar-refractivity contribution in [1.82, 2.24) is 10.0 Å². The molecule has 1 heterocycles. The van der Waals surface area contributed by atoms with Gasteiger partial charge in [-0.05, 0) is 42.6 Å². The number of amides is 1. The van der Waals surface area contributed by atoms with Gasteiger partial charge in [0.2, 0.25) is 5.91 Å². The molecular weight excluding hydrogens is 364 g/mol. The van der Waals surface area contributed by atoms with Crippen molar-refractivity contribution in [2.45, 2.75) is 17.2 Å². The van der Waals surface area contributed by atoms with E-state index in [0.717, 1.165) is 17.1 Å². The fourth-order valence-corrected chi connectivity index (χ4v) is 4.14. The minimum Gasteiger partial charge on any atom is -0.497 e. The molecule has 0 saturated carbocycles. The largest absolute Gasteiger partial charge is 0.497 e. The summed E-state index contributed by atoms with van der Waals surface area (Å²) in [6.07, 6.45) is 0. The number of benzene rings is 1. The van der Waals surface area contributed by atoms with Crippen molar-refractivity contribution in [3.63, 3.8) is 0 Å². The fraction of sp³-hybridized carbons (Fsp3) is 0.312. The Balaban J connectivity index is 1.74. The lowest BCUT2D eigenvalue weighted by atomic mass is 10.3. The van der Waals surface area contributed by atoms with Gasteiger partial charge in [0.1, 0.15) is 22.3 Å². The van der Waals surface area contributed by atoms with Crippen LogP contribution < -0.4 is 19.5 Å². The minimum absolute atomic E-state index is 0.176. The fourth-order valence-electron chi connectivity index (χ4n) is 1.93. The Bertz CT molecular complexity index is 773. The zero-order valence-corrected chi connectivity index (χ0v) is 15.5. The van der Waals surface area contributed by atoms with Crippen LogP contribution in [0.25, 0.3) is 0 Å². The van der Waals surface area contributed by atoms with Crippen molar-refractivity contribution in [2.75, 3.05) is 20.3 Å². The minimum atomic E-state index is -3.68. The molecule has 2 N–H and O–H groups in total. The Kier molecular flexibility index (Phi) is 6.80. The number of nitrogens with one attached hydrogen (secondary N) is 2. The van der Waals surface area contributed by atoms with Crippen molar-refractivity contribution < 1.29 is 22.7 Å². The number of carbonyl (C=O) groups excluding carboxylic acids is 1. The van der Waals surface area contributed by atoms with Gasteiger partial charge in [-0.2, -0.15) is 4.72 Å². The molecule has 2 rings (SSSR count). The third-order valence-corrected chi connectivity index (χ3v) is 6.15. The van der Waals surface area contributed by atoms with E-state index in [1.807, 2.05) is 0 Å². The maximum Gasteiger partial charge on any atom is 0.250 e. The first-order valence-corrected chi connectivity index (χ1v) is 9.89. The summed E-state index contributed by atoms with van der Waals surface area (Å²) in [6, 6.07) is 9.32. The van der Waals surface area contributed by atoms with Gasteiger partial charge in [-0.25, -0.2) is 8.42 Å². The van der Waals surface area contributed by atoms with E-state index in [1.54, 1.807) is 42.8 Å². The molecule has 0 aliphatic carbocycles. The molecule has 0 bridgehead atoms. The van der Waals surface area contributed by atoms with Crippen LogP contribution in [-0.2, 0) is 14.8 Å². The van der Waals surface area contributed by atoms with Crippen molar-refractivity contribution in [3.05, 3.63) is 41.8 Å². The molecule has 25 heavy (non-hydrogen) atoms. The smallest absolute Gasteiger partial charge is 0.250 e. The van der Waals surface area contributed by atoms with E-state index >= 15 is 0 Å². The number of carbonyl (C=O) groups is 1. The number of ether oxygens (including phenoxy) is 2. The van der Waals surface area contributed by atoms with Gasteiger partial charge in [0.25, 0.3) is 10.0 Å². The third-order valence-electron chi connectivity index (χ3n) is 3.21. The van der Waals surface area contributed by atoms with Crippen LogP contribution in [-0.4, -0.2) is 40.6 Å². The number of sulfonamides is 1. The molecule has 1 unspecified atom stereocenters. The predicted octanol–water partition coefficient (Wildman–Crippen LogP) is 1.62. The molecule has 0 aliphatic heterocycles. The lowest BCUT2D eigenvalue weighted by molar-refractivity contribution is -0.122. The van der Waals surface area contributed by atoms with Crippen LogP contribution in [0.4, 0.5) is 0 Å². The maximum atomic E-state index is 12.1. The van der Waals surface area contributed by atoms with Crippen LogP contribution >= 0.6 is 11.3 Å². The number of hydrogen-bond acceptors (Lipinski definition) is 6. The highest BCUT2D eigenvalue weighted by molar-refractivity contribution is 7.91. The second-order valence-corrected chi connectivity index (χ2v) is 7.98. The van der Waals surface area contributed by atoms with E-state index in [9.17, 15) is 13.2 Å². The van der Waals surface area contributed by atoms with Crippen LogP contribution in [0.1, 0.15) is 6.92 Å². The second-order valence-electron chi connectivity index (χ2n) is 5.09. The van der Waals surface area contributed by atoms with Crippen molar-refractivity contribution in [3.8, 4) is 11.5 Å². The Morgan fingerprint density at radius 3 is 2.48 bits per heavy atom. The summed E-state index contributed by atoms with van der Waals surface area (Å²) in [5.74, 6) is 0.965. The summed E-state index contributed by atoms with van der Waals surface area (Å²) >= 11 is 1.09. The lowest BCUT2D eigenvalue weighted by Gasteiger charge is -2.14. The van der Waals surface area contributed by atoms with Gasteiger partial charge < -0.3 is 14.8 Å². The molecule has 0 saturated heterocycles. The maximum absolute atomic E-state index is 12.1. The molecule has 0 fully saturated rings. The van der Waals surface area contributed by atoms with Crippen LogP contribution in [0.3, 0.4) is 0 Å². The normalized spacial score (nSPS) is 12.4. The zero-order chi connectivity index (χ0) is 18.3. The molecule has 1 amide bonds. The highest BCUT2D eigenvalue weighted by atomic mass is 32.2. The Morgan fingerprint density at radius 1 is 1.20 bits per heavy atom. The second kappa shape index (κ2) is 8.84. The first kappa shape index (κ1) is 19.2. The summed E-state index contributed by atoms with van der Waals surface area (Å²) < 4.78 is 37.2. The molecule has 136 valence electrons. The average molecular weight is 384 g/mol. The van der Waals surface area contributed by atoms with Gasteiger partial charge in [0.05, 0.1) is 19.7 Å². The monoisotopic (exact) mass is 384 g/mol. The third kappa shape index (κ3) is 5.73. The molecule has 1 atom stereocenters. The molecule has 2 aromatic rings. The first-order chi connectivity index (χ1) is 11.9. The summed E-state index contributed by atoms with van der Waals surface area (Å²) in [6.45, 7) is 2.02. The van der Waals surface area contributed by atoms with Crippen LogP contribution in [0.5, 0.6) is 11.5 Å². The highest BCUT2D eigenvalue weighted by Gasteiger charge is 2.22. The van der Waals surface area contributed by atoms with Gasteiger partial charge in [0.15, 0.2) is 0 Å². The number of methoxy groups -OCH3 is 1. The van der Waals surface area contributed by atoms with E-state index in [2.05, 4.69) is 10.0 Å². The van der Waals surface area contributed by atoms with E-state index in [1.165, 1.54) is 13.0 Å². The standard InChI is InChI=1S/C16H20N2O5S2/c1-12(18-25(20,21)15-4-3-11-24-15)16(19)17-9-10-23-14-7-5-13(22-2)6-8-14/h3-8,11-12,18H,9-10H2,1-2H3,(H,17,19). The average Bonchev–Trinajstić information content (AvgIpc) is 3.14. The number of thiophene rings is 1. The summed E-state index contributed by atoms with van der Waals surface area (Å²) in [4.78, 5) is 12.0. The topological polar surface area (TPSA) is 93.7 Å². The molecule has 0 spiro atoms. The van der Waals surface area contributed by atoms with Gasteiger partial charge in [-0.15, -0.1) is 11.3 Å². The first-order valence-electron chi connectivity index (χ1n) is 7.53. The SMILES string of the molecule is COc1ccc(OCCNC(=O)C(C)NS(=O)(=O)c2cccs2)cc1. The quantitative estimate of drug-likeness (QED) is 0.641. The van der Waals surface area contributed by atoms with Crippen LogP contribution in [0, 0.1) is 0 Å². The lowest BCUT2D eigenvalue weighted by Crippen LogP contribution is -2.45. The van der Waals surface area contributed by atoms with Gasteiger partial charge in [0, 0.05) is 0 Å². The van der Waals surface area contributed by atoms with E-state index in [-0.39, 0.29) is 17.4 Å². The molecule has 0 radical (unpaired) electrons. The number of hydrogen-bond donors (Lipinski definition) is 2. The van der Waals surface area contributed by atoms with Crippen molar-refractivity contribution >= 4 is 27.3 Å². The van der Waals surface area contributed by atoms with Crippen molar-refractivity contribution in [1.29, 1.82) is 0 Å². The van der Waals surface area contributed by atoms with Crippen LogP contribution in [0.2, 0.25) is 0 Å². The Labute approximate surface area is 151 Å². The van der Waals surface area contributed by atoms with Crippen LogP contribution in [0.15, 0.2) is 46.0 Å². The molecule has 9 heteroatoms. The molecule has 0 aliphatic rings. The molecule has 1 aromatic carbocycles. The van der Waals surface area contributed by atoms with Crippen molar-refractivity contribution in [2.24, 2.45) is 0 Å². The van der Waals surface area contributed by atoms with Gasteiger partial charge >= 0.3 is 0 Å². The van der Waals surface area contributed by atoms with E-state index in [0.29, 0.717) is 5.75 Å². The van der Waals surface area contributed by atoms with E-state index in [4.69, 9.17) is 9.47 Å². The summed E-state index contributed by atoms with van der Waals surface area (Å²) in [5, 5.41) is 4.29. The van der Waals surface area contributed by atoms with Gasteiger partial charge in [-0.3, -0.25) is 4.79 Å². The molecule has 1 aromatic heterocycles. The zero-order valence-electron chi connectivity index (χ0n) is 13.9. The Morgan fingerprint density at radius 2 is 1.88 bits per heavy atom. The van der Waals surface area contributed by atoms with E-state index < -0.39 is 22.0 Å². The molecular formula is C16H20N2O5S2. The van der Waals surface area contributed by atoms with Gasteiger partial charge in [-0.1, -0.05) is 6.07 Å². The highest BCUT2D eigenvalue weighted by Crippen LogP contribution is 2.17. The molecule has 7 nitrogen and oxygen atoms in total. The predicted molar refractivity (Wildman–Crippen MR) is 95.6 cm³/mol.